The topological polar surface area (TPSA) is 20.2 Å². The molecule has 0 unspecified atom stereocenters. The van der Waals surface area contributed by atoms with Crippen LogP contribution in [-0.2, 0) is 0 Å². The summed E-state index contributed by atoms with van der Waals surface area (Å²) in [5, 5.41) is 8.52. The van der Waals surface area contributed by atoms with Crippen LogP contribution in [0.4, 0.5) is 0 Å². The summed E-state index contributed by atoms with van der Waals surface area (Å²) in [4.78, 5) is 0. The summed E-state index contributed by atoms with van der Waals surface area (Å²) in [6, 6.07) is 0. The van der Waals surface area contributed by atoms with Gasteiger partial charge in [0.05, 0.1) is 5.60 Å². The molecule has 0 radical (unpaired) electrons. The second kappa shape index (κ2) is 5.28. The summed E-state index contributed by atoms with van der Waals surface area (Å²) < 4.78 is 0.688. The van der Waals surface area contributed by atoms with Crippen molar-refractivity contribution in [2.45, 2.75) is 46.7 Å². The molecule has 0 heterocycles. The Morgan fingerprint density at radius 3 is 0.900 bits per heavy atom. The van der Waals surface area contributed by atoms with E-state index in [0.717, 1.165) is 49.0 Å². The van der Waals surface area contributed by atoms with Crippen molar-refractivity contribution in [3.63, 3.8) is 0 Å². The van der Waals surface area contributed by atoms with Gasteiger partial charge in [-0.2, -0.15) is 0 Å². The maximum absolute atomic E-state index is 8.52. The summed E-state index contributed by atoms with van der Waals surface area (Å²) in [7, 11) is 0. The maximum atomic E-state index is 8.52. The predicted molar refractivity (Wildman–Crippen MR) is 47.4 cm³/mol. The molecule has 1 nitrogen and oxygen atoms in total. The second-order valence-electron chi connectivity index (χ2n) is 5.17. The number of rotatable bonds is 0. The molecule has 0 saturated heterocycles. The van der Waals surface area contributed by atoms with Crippen LogP contribution in [0.5, 0.6) is 0 Å². The van der Waals surface area contributed by atoms with E-state index in [2.05, 4.69) is 20.8 Å². The van der Waals surface area contributed by atoms with Gasteiger partial charge in [-0.15, -0.1) is 0 Å². The van der Waals surface area contributed by atoms with Crippen LogP contribution in [0.2, 0.25) is -0.490 Å². The standard InChI is InChI=1S/C4H10O.C4H9.K/c1-4(2,3)5;1-4(2)3;/h5H,1-3H3;1-3H3;. The third-order valence-electron chi connectivity index (χ3n) is 0. The van der Waals surface area contributed by atoms with E-state index in [1.807, 2.05) is 0 Å². The van der Waals surface area contributed by atoms with Crippen LogP contribution in [0.3, 0.4) is 0 Å². The molecule has 0 saturated carbocycles. The fourth-order valence-corrected chi connectivity index (χ4v) is 0. The molecule has 0 aliphatic heterocycles. The van der Waals surface area contributed by atoms with Crippen molar-refractivity contribution in [3.05, 3.63) is 0 Å². The van der Waals surface area contributed by atoms with Gasteiger partial charge in [0.2, 0.25) is 0 Å². The molecule has 0 aliphatic rings. The first-order valence-corrected chi connectivity index (χ1v) is 5.29. The first kappa shape index (κ1) is 14.1. The third kappa shape index (κ3) is 278. The van der Waals surface area contributed by atoms with E-state index in [1.54, 1.807) is 20.8 Å². The first-order valence-electron chi connectivity index (χ1n) is 3.72. The molecule has 0 aliphatic carbocycles. The van der Waals surface area contributed by atoms with Crippen molar-refractivity contribution < 1.29 is 5.11 Å². The number of aliphatic hydroxyl groups is 1. The van der Waals surface area contributed by atoms with E-state index in [0.29, 0.717) is -0.490 Å². The van der Waals surface area contributed by atoms with Crippen molar-refractivity contribution in [2.24, 2.45) is 0 Å². The summed E-state index contributed by atoms with van der Waals surface area (Å²) in [5.74, 6) is 0. The SMILES string of the molecule is CC(C)(C)O.C[C](C)(C)[K]. The fourth-order valence-electron chi connectivity index (χ4n) is 0. The molecular weight excluding hydrogens is 151 g/mol. The van der Waals surface area contributed by atoms with Crippen molar-refractivity contribution in [1.82, 2.24) is 0 Å². The Labute approximate surface area is 99.2 Å². The van der Waals surface area contributed by atoms with Crippen molar-refractivity contribution in [1.29, 1.82) is 0 Å². The van der Waals surface area contributed by atoms with Crippen LogP contribution in [0.15, 0.2) is 0 Å². The molecule has 0 fully saturated rings. The molecule has 0 atom stereocenters. The second-order valence-corrected chi connectivity index (χ2v) is 9.86. The van der Waals surface area contributed by atoms with Crippen LogP contribution < -0.4 is 0 Å². The minimum atomic E-state index is -0.500. The van der Waals surface area contributed by atoms with Gasteiger partial charge in [0.25, 0.3) is 0 Å². The van der Waals surface area contributed by atoms with Gasteiger partial charge in [-0.3, -0.25) is 0 Å². The molecule has 10 heavy (non-hydrogen) atoms. The Balaban J connectivity index is 0. The summed E-state index contributed by atoms with van der Waals surface area (Å²) >= 11 is 1.00. The van der Waals surface area contributed by atoms with E-state index in [4.69, 9.17) is 5.11 Å². The zero-order valence-corrected chi connectivity index (χ0v) is 11.6. The normalized spacial score (nSPS) is 12.1. The molecule has 0 bridgehead atoms. The Morgan fingerprint density at radius 2 is 0.900 bits per heavy atom. The molecule has 0 aromatic rings. The Bertz CT molecular complexity index is 52.2. The van der Waals surface area contributed by atoms with E-state index in [-0.39, 0.29) is 0 Å². The quantitative estimate of drug-likeness (QED) is 0.552. The molecule has 0 rings (SSSR count). The Hall–Kier alpha value is 1.60. The summed E-state index contributed by atoms with van der Waals surface area (Å²) in [6.07, 6.45) is 0. The van der Waals surface area contributed by atoms with Crippen molar-refractivity contribution in [2.75, 3.05) is 0 Å². The first-order chi connectivity index (χ1) is 4.00. The summed E-state index contributed by atoms with van der Waals surface area (Å²) in [5.41, 5.74) is -0.500. The van der Waals surface area contributed by atoms with Crippen molar-refractivity contribution in [3.8, 4) is 0 Å². The van der Waals surface area contributed by atoms with Gasteiger partial charge in [-0.05, 0) is 20.8 Å². The van der Waals surface area contributed by atoms with Crippen LogP contribution in [0, 0.1) is 0 Å². The average Bonchev–Trinajstić information content (AvgIpc) is 1.12. The Morgan fingerprint density at radius 1 is 0.900 bits per heavy atom. The monoisotopic (exact) mass is 170 g/mol. The van der Waals surface area contributed by atoms with Gasteiger partial charge < -0.3 is 5.11 Å². The fraction of sp³-hybridized carbons (Fsp3) is 1.00. The average molecular weight is 170 g/mol. The van der Waals surface area contributed by atoms with Crippen LogP contribution in [-0.4, -0.2) is 59.7 Å². The van der Waals surface area contributed by atoms with E-state index < -0.39 is 5.60 Å². The summed E-state index contributed by atoms with van der Waals surface area (Å²) in [6.45, 7) is 12.0. The van der Waals surface area contributed by atoms with Gasteiger partial charge in [0.15, 0.2) is 0 Å². The zero-order chi connectivity index (χ0) is 9.00. The van der Waals surface area contributed by atoms with Crippen LogP contribution in [0.1, 0.15) is 41.5 Å². The van der Waals surface area contributed by atoms with Gasteiger partial charge in [-0.25, -0.2) is 0 Å². The molecule has 1 N–H and O–H groups in total. The molecule has 0 amide bonds. The predicted octanol–water partition coefficient (Wildman–Crippen LogP) is 2.15. The van der Waals surface area contributed by atoms with Crippen molar-refractivity contribution >= 4 is 49.0 Å². The third-order valence-corrected chi connectivity index (χ3v) is 0. The van der Waals surface area contributed by atoms with E-state index in [1.165, 1.54) is 0 Å². The van der Waals surface area contributed by atoms with Gasteiger partial charge >= 0.3 is 69.2 Å². The number of hydrogen-bond acceptors (Lipinski definition) is 1. The Kier molecular flexibility index (Phi) is 7.46. The molecule has 0 spiro atoms. The van der Waals surface area contributed by atoms with Crippen LogP contribution >= 0.6 is 0 Å². The molecule has 2 heteroatoms. The van der Waals surface area contributed by atoms with E-state index in [9.17, 15) is 0 Å². The zero-order valence-electron chi connectivity index (χ0n) is 8.45. The van der Waals surface area contributed by atoms with Gasteiger partial charge in [-0.1, -0.05) is 0 Å². The molecular formula is C8H19KO. The van der Waals surface area contributed by atoms with Gasteiger partial charge in [0, 0.05) is 0 Å². The minimum absolute atomic E-state index is 0.500. The van der Waals surface area contributed by atoms with E-state index >= 15 is 0 Å². The van der Waals surface area contributed by atoms with Crippen LogP contribution in [0.25, 0.3) is 0 Å². The molecule has 0 aromatic carbocycles. The molecule has 58 valence electrons. The molecule has 0 aromatic heterocycles. The van der Waals surface area contributed by atoms with Gasteiger partial charge in [0.1, 0.15) is 0 Å². The number of hydrogen-bond donors (Lipinski definition) is 1.